The van der Waals surface area contributed by atoms with Crippen LogP contribution in [0.3, 0.4) is 0 Å². The Hall–Kier alpha value is -1.75. The smallest absolute Gasteiger partial charge is 0.416 e. The number of hydrogen-bond acceptors (Lipinski definition) is 1. The van der Waals surface area contributed by atoms with E-state index in [0.717, 1.165) is 12.1 Å². The van der Waals surface area contributed by atoms with E-state index in [0.29, 0.717) is 16.9 Å². The van der Waals surface area contributed by atoms with Gasteiger partial charge in [0.05, 0.1) is 11.4 Å². The lowest BCUT2D eigenvalue weighted by Crippen LogP contribution is -2.06. The summed E-state index contributed by atoms with van der Waals surface area (Å²) < 4.78 is 56.2. The van der Waals surface area contributed by atoms with E-state index >= 15 is 0 Å². The van der Waals surface area contributed by atoms with Gasteiger partial charge in [0.1, 0.15) is 18.2 Å². The SMILES string of the molecule is Fc1ccc(OCc2cccc(C(F)(F)F)c2)c(CCl)c1. The first-order valence-electron chi connectivity index (χ1n) is 6.03. The molecule has 112 valence electrons. The zero-order chi connectivity index (χ0) is 15.5. The maximum atomic E-state index is 13.0. The van der Waals surface area contributed by atoms with Gasteiger partial charge in [-0.05, 0) is 35.9 Å². The Morgan fingerprint density at radius 3 is 2.48 bits per heavy atom. The van der Waals surface area contributed by atoms with Crippen LogP contribution >= 0.6 is 11.6 Å². The molecule has 0 atom stereocenters. The Kier molecular flexibility index (Phi) is 4.73. The summed E-state index contributed by atoms with van der Waals surface area (Å²) in [4.78, 5) is 0. The summed E-state index contributed by atoms with van der Waals surface area (Å²) in [5, 5.41) is 0. The maximum Gasteiger partial charge on any atom is 0.416 e. The highest BCUT2D eigenvalue weighted by molar-refractivity contribution is 6.17. The first kappa shape index (κ1) is 15.6. The molecule has 0 aliphatic carbocycles. The fourth-order valence-electron chi connectivity index (χ4n) is 1.79. The van der Waals surface area contributed by atoms with E-state index in [-0.39, 0.29) is 12.5 Å². The molecule has 0 aliphatic rings. The van der Waals surface area contributed by atoms with Crippen LogP contribution in [-0.4, -0.2) is 0 Å². The Morgan fingerprint density at radius 2 is 1.81 bits per heavy atom. The van der Waals surface area contributed by atoms with Crippen LogP contribution in [0.2, 0.25) is 0 Å². The second-order valence-electron chi connectivity index (χ2n) is 4.37. The van der Waals surface area contributed by atoms with Crippen molar-refractivity contribution in [2.75, 3.05) is 0 Å². The minimum atomic E-state index is -4.40. The first-order chi connectivity index (χ1) is 9.90. The largest absolute Gasteiger partial charge is 0.489 e. The van der Waals surface area contributed by atoms with Crippen molar-refractivity contribution in [2.45, 2.75) is 18.7 Å². The molecule has 0 bridgehead atoms. The van der Waals surface area contributed by atoms with Gasteiger partial charge < -0.3 is 4.74 Å². The molecular weight excluding hydrogens is 308 g/mol. The number of rotatable bonds is 4. The zero-order valence-corrected chi connectivity index (χ0v) is 11.5. The quantitative estimate of drug-likeness (QED) is 0.558. The highest BCUT2D eigenvalue weighted by Crippen LogP contribution is 2.30. The van der Waals surface area contributed by atoms with E-state index in [9.17, 15) is 17.6 Å². The molecule has 1 nitrogen and oxygen atoms in total. The molecular formula is C15H11ClF4O. The summed E-state index contributed by atoms with van der Waals surface area (Å²) in [6.45, 7) is -0.0561. The monoisotopic (exact) mass is 318 g/mol. The molecule has 2 aromatic rings. The van der Waals surface area contributed by atoms with Crippen molar-refractivity contribution in [3.63, 3.8) is 0 Å². The molecule has 2 aromatic carbocycles. The molecule has 0 spiro atoms. The maximum absolute atomic E-state index is 13.0. The summed E-state index contributed by atoms with van der Waals surface area (Å²) in [5.41, 5.74) is 0.0820. The van der Waals surface area contributed by atoms with Crippen molar-refractivity contribution < 1.29 is 22.3 Å². The van der Waals surface area contributed by atoms with Gasteiger partial charge in [-0.3, -0.25) is 0 Å². The molecule has 6 heteroatoms. The van der Waals surface area contributed by atoms with Crippen molar-refractivity contribution >= 4 is 11.6 Å². The van der Waals surface area contributed by atoms with E-state index in [1.54, 1.807) is 0 Å². The Bertz CT molecular complexity index is 625. The van der Waals surface area contributed by atoms with E-state index in [1.165, 1.54) is 30.3 Å². The van der Waals surface area contributed by atoms with E-state index in [4.69, 9.17) is 16.3 Å². The predicted molar refractivity (Wildman–Crippen MR) is 71.7 cm³/mol. The highest BCUT2D eigenvalue weighted by Gasteiger charge is 2.30. The third kappa shape index (κ3) is 4.11. The van der Waals surface area contributed by atoms with Crippen molar-refractivity contribution in [1.29, 1.82) is 0 Å². The van der Waals surface area contributed by atoms with Crippen molar-refractivity contribution in [1.82, 2.24) is 0 Å². The summed E-state index contributed by atoms with van der Waals surface area (Å²) >= 11 is 5.68. The lowest BCUT2D eigenvalue weighted by atomic mass is 10.1. The molecule has 0 heterocycles. The molecule has 0 N–H and O–H groups in total. The molecule has 2 rings (SSSR count). The second kappa shape index (κ2) is 6.35. The molecule has 21 heavy (non-hydrogen) atoms. The molecule has 0 unspecified atom stereocenters. The number of hydrogen-bond donors (Lipinski definition) is 0. The van der Waals surface area contributed by atoms with E-state index < -0.39 is 17.6 Å². The normalized spacial score (nSPS) is 11.5. The topological polar surface area (TPSA) is 9.23 Å². The number of ether oxygens (including phenoxy) is 1. The molecule has 0 aliphatic heterocycles. The molecule has 0 radical (unpaired) electrons. The van der Waals surface area contributed by atoms with Crippen LogP contribution in [0.4, 0.5) is 17.6 Å². The molecule has 0 aromatic heterocycles. The average molecular weight is 319 g/mol. The Labute approximate surface area is 124 Å². The van der Waals surface area contributed by atoms with Crippen LogP contribution in [0.25, 0.3) is 0 Å². The lowest BCUT2D eigenvalue weighted by molar-refractivity contribution is -0.137. The predicted octanol–water partition coefficient (Wildman–Crippen LogP) is 5.16. The second-order valence-corrected chi connectivity index (χ2v) is 4.64. The Balaban J connectivity index is 2.13. The van der Waals surface area contributed by atoms with Gasteiger partial charge in [0.15, 0.2) is 0 Å². The zero-order valence-electron chi connectivity index (χ0n) is 10.8. The van der Waals surface area contributed by atoms with Crippen LogP contribution in [0.1, 0.15) is 16.7 Å². The minimum Gasteiger partial charge on any atom is -0.489 e. The van der Waals surface area contributed by atoms with Gasteiger partial charge in [-0.1, -0.05) is 12.1 Å². The van der Waals surface area contributed by atoms with Crippen molar-refractivity contribution in [3.05, 3.63) is 65.0 Å². The van der Waals surface area contributed by atoms with Crippen LogP contribution in [0.5, 0.6) is 5.75 Å². The average Bonchev–Trinajstić information content (AvgIpc) is 2.45. The van der Waals surface area contributed by atoms with Gasteiger partial charge in [-0.15, -0.1) is 11.6 Å². The summed E-state index contributed by atoms with van der Waals surface area (Å²) in [6, 6.07) is 8.69. The highest BCUT2D eigenvalue weighted by atomic mass is 35.5. The van der Waals surface area contributed by atoms with Gasteiger partial charge in [0.2, 0.25) is 0 Å². The van der Waals surface area contributed by atoms with Crippen LogP contribution in [-0.2, 0) is 18.7 Å². The van der Waals surface area contributed by atoms with Gasteiger partial charge in [0, 0.05) is 5.56 Å². The number of halogens is 5. The molecule has 0 amide bonds. The van der Waals surface area contributed by atoms with Gasteiger partial charge in [-0.25, -0.2) is 4.39 Å². The van der Waals surface area contributed by atoms with Crippen LogP contribution < -0.4 is 4.74 Å². The van der Waals surface area contributed by atoms with E-state index in [2.05, 4.69) is 0 Å². The van der Waals surface area contributed by atoms with Gasteiger partial charge in [-0.2, -0.15) is 13.2 Å². The molecule has 0 saturated heterocycles. The fourth-order valence-corrected chi connectivity index (χ4v) is 2.00. The van der Waals surface area contributed by atoms with Gasteiger partial charge >= 0.3 is 6.18 Å². The molecule has 0 fully saturated rings. The third-order valence-electron chi connectivity index (χ3n) is 2.82. The third-order valence-corrected chi connectivity index (χ3v) is 3.10. The molecule has 0 saturated carbocycles. The Morgan fingerprint density at radius 1 is 1.05 bits per heavy atom. The first-order valence-corrected chi connectivity index (χ1v) is 6.57. The summed E-state index contributed by atoms with van der Waals surface area (Å²) in [5.74, 6) is -0.0451. The van der Waals surface area contributed by atoms with Crippen LogP contribution in [0.15, 0.2) is 42.5 Å². The fraction of sp³-hybridized carbons (Fsp3) is 0.200. The number of benzene rings is 2. The van der Waals surface area contributed by atoms with Crippen LogP contribution in [0, 0.1) is 5.82 Å². The summed E-state index contributed by atoms with van der Waals surface area (Å²) in [6.07, 6.45) is -4.40. The lowest BCUT2D eigenvalue weighted by Gasteiger charge is -2.12. The van der Waals surface area contributed by atoms with E-state index in [1.807, 2.05) is 0 Å². The standard InChI is InChI=1S/C15H11ClF4O/c16-8-11-7-13(17)4-5-14(11)21-9-10-2-1-3-12(6-10)15(18,19)20/h1-7H,8-9H2. The van der Waals surface area contributed by atoms with Gasteiger partial charge in [0.25, 0.3) is 0 Å². The van der Waals surface area contributed by atoms with Crippen molar-refractivity contribution in [2.24, 2.45) is 0 Å². The summed E-state index contributed by atoms with van der Waals surface area (Å²) in [7, 11) is 0. The van der Waals surface area contributed by atoms with Crippen molar-refractivity contribution in [3.8, 4) is 5.75 Å². The number of alkyl halides is 4. The minimum absolute atomic E-state index is 0.0513.